The molecule has 11 heteroatoms. The molecule has 180 valence electrons. The van der Waals surface area contributed by atoms with Gasteiger partial charge in [-0.15, -0.1) is 16.9 Å². The predicted octanol–water partition coefficient (Wildman–Crippen LogP) is 4.14. The highest BCUT2D eigenvalue weighted by molar-refractivity contribution is 7.98. The van der Waals surface area contributed by atoms with Crippen molar-refractivity contribution in [2.24, 2.45) is 5.10 Å². The van der Waals surface area contributed by atoms with Crippen molar-refractivity contribution in [2.75, 3.05) is 5.73 Å². The van der Waals surface area contributed by atoms with E-state index >= 15 is 0 Å². The summed E-state index contributed by atoms with van der Waals surface area (Å²) in [5.74, 6) is 0.0739. The van der Waals surface area contributed by atoms with Crippen LogP contribution in [-0.2, 0) is 5.75 Å². The Hall–Kier alpha value is -4.51. The molecule has 3 N–H and O–H groups in total. The first-order chi connectivity index (χ1) is 17.5. The maximum Gasteiger partial charge on any atom is 0.293 e. The first-order valence-electron chi connectivity index (χ1n) is 11.1. The minimum absolute atomic E-state index is 0.0404. The van der Waals surface area contributed by atoms with Crippen LogP contribution in [0.1, 0.15) is 34.2 Å². The van der Waals surface area contributed by atoms with E-state index in [9.17, 15) is 4.79 Å². The van der Waals surface area contributed by atoms with E-state index in [1.807, 2.05) is 80.6 Å². The molecule has 2 aromatic heterocycles. The minimum Gasteiger partial charge on any atom is -0.378 e. The molecular formula is C25H22N8O2S. The van der Waals surface area contributed by atoms with E-state index < -0.39 is 5.91 Å². The number of hydrogen-bond acceptors (Lipinski definition) is 9. The molecule has 0 unspecified atom stereocenters. The molecule has 0 atom stereocenters. The van der Waals surface area contributed by atoms with Crippen molar-refractivity contribution >= 4 is 40.0 Å². The Balaban J connectivity index is 1.40. The number of aryl methyl sites for hydroxylation is 1. The number of anilines is 1. The number of carbonyl (C=O) groups is 1. The van der Waals surface area contributed by atoms with Gasteiger partial charge in [-0.1, -0.05) is 59.3 Å². The monoisotopic (exact) mass is 498 g/mol. The van der Waals surface area contributed by atoms with Crippen molar-refractivity contribution in [2.45, 2.75) is 24.5 Å². The summed E-state index contributed by atoms with van der Waals surface area (Å²) >= 11 is 1.52. The number of benzene rings is 3. The van der Waals surface area contributed by atoms with Crippen LogP contribution < -0.4 is 11.2 Å². The predicted molar refractivity (Wildman–Crippen MR) is 138 cm³/mol. The summed E-state index contributed by atoms with van der Waals surface area (Å²) in [7, 11) is 0. The fraction of sp³-hybridized carbons (Fsp3) is 0.120. The molecule has 5 aromatic rings. The molecule has 0 saturated heterocycles. The topological polar surface area (TPSA) is 137 Å². The minimum atomic E-state index is -0.504. The summed E-state index contributed by atoms with van der Waals surface area (Å²) in [5.41, 5.74) is 11.8. The van der Waals surface area contributed by atoms with Crippen LogP contribution in [0, 0.1) is 6.92 Å². The summed E-state index contributed by atoms with van der Waals surface area (Å²) in [5, 5.41) is 22.1. The largest absolute Gasteiger partial charge is 0.378 e. The lowest BCUT2D eigenvalue weighted by Gasteiger charge is -2.07. The molecule has 0 aliphatic rings. The normalized spacial score (nSPS) is 11.7. The fourth-order valence-electron chi connectivity index (χ4n) is 3.57. The molecule has 0 bridgehead atoms. The maximum atomic E-state index is 13.1. The summed E-state index contributed by atoms with van der Waals surface area (Å²) in [6, 6.07) is 22.1. The van der Waals surface area contributed by atoms with Crippen LogP contribution >= 0.6 is 11.8 Å². The van der Waals surface area contributed by atoms with Gasteiger partial charge in [0.15, 0.2) is 5.69 Å². The summed E-state index contributed by atoms with van der Waals surface area (Å²) in [4.78, 5) is 14.1. The van der Waals surface area contributed by atoms with Crippen LogP contribution in [0.15, 0.2) is 81.4 Å². The number of hydrazone groups is 1. The third kappa shape index (κ3) is 4.82. The van der Waals surface area contributed by atoms with E-state index in [-0.39, 0.29) is 17.3 Å². The third-order valence-corrected chi connectivity index (χ3v) is 6.59. The van der Waals surface area contributed by atoms with Crippen LogP contribution in [0.2, 0.25) is 0 Å². The number of nitrogen functional groups attached to an aromatic ring is 1. The number of nitrogens with one attached hydrogen (secondary N) is 1. The average molecular weight is 499 g/mol. The first kappa shape index (κ1) is 23.2. The number of fused-ring (bicyclic) bond motifs is 1. The van der Waals surface area contributed by atoms with Crippen LogP contribution in [0.5, 0.6) is 0 Å². The number of nitrogens with two attached hydrogens (primary N) is 1. The summed E-state index contributed by atoms with van der Waals surface area (Å²) in [6.45, 7) is 3.85. The highest BCUT2D eigenvalue weighted by atomic mass is 32.2. The third-order valence-electron chi connectivity index (χ3n) is 5.56. The smallest absolute Gasteiger partial charge is 0.293 e. The zero-order chi connectivity index (χ0) is 25.1. The number of aromatic nitrogens is 5. The SMILES string of the molecule is CC(=NNC(=O)c1nnn(-c2nonc2N)c1CSc1ccc(C)cc1)c1ccc2ccccc2c1. The second-order valence-electron chi connectivity index (χ2n) is 8.07. The lowest BCUT2D eigenvalue weighted by atomic mass is 10.0. The molecule has 0 spiro atoms. The van der Waals surface area contributed by atoms with E-state index in [4.69, 9.17) is 10.4 Å². The lowest BCUT2D eigenvalue weighted by Crippen LogP contribution is -2.21. The number of amides is 1. The zero-order valence-electron chi connectivity index (χ0n) is 19.5. The van der Waals surface area contributed by atoms with Crippen molar-refractivity contribution in [3.8, 4) is 5.82 Å². The summed E-state index contributed by atoms with van der Waals surface area (Å²) < 4.78 is 6.08. The molecule has 1 amide bonds. The molecular weight excluding hydrogens is 476 g/mol. The standard InChI is InChI=1S/C25H22N8O2S/c1-15-7-11-20(12-8-15)36-14-21-22(28-32-33(21)24-23(26)30-35-31-24)25(34)29-27-16(2)18-10-9-17-5-3-4-6-19(17)13-18/h3-13H,14H2,1-2H3,(H2,26,30)(H,29,34). The Bertz CT molecular complexity index is 1570. The first-order valence-corrected chi connectivity index (χ1v) is 12.0. The van der Waals surface area contributed by atoms with Gasteiger partial charge in [0.25, 0.3) is 5.91 Å². The van der Waals surface area contributed by atoms with Crippen molar-refractivity contribution in [1.82, 2.24) is 30.7 Å². The van der Waals surface area contributed by atoms with Gasteiger partial charge >= 0.3 is 0 Å². The van der Waals surface area contributed by atoms with E-state index in [1.54, 1.807) is 0 Å². The number of rotatable bonds is 7. The Morgan fingerprint density at radius 1 is 1.08 bits per heavy atom. The highest BCUT2D eigenvalue weighted by Gasteiger charge is 2.24. The Morgan fingerprint density at radius 2 is 1.86 bits per heavy atom. The molecule has 2 heterocycles. The van der Waals surface area contributed by atoms with Crippen molar-refractivity contribution in [1.29, 1.82) is 0 Å². The van der Waals surface area contributed by atoms with Gasteiger partial charge in [0.2, 0.25) is 11.6 Å². The van der Waals surface area contributed by atoms with Gasteiger partial charge in [0.05, 0.1) is 11.4 Å². The maximum absolute atomic E-state index is 13.1. The Morgan fingerprint density at radius 3 is 2.61 bits per heavy atom. The van der Waals surface area contributed by atoms with Gasteiger partial charge in [0.1, 0.15) is 0 Å². The van der Waals surface area contributed by atoms with Crippen molar-refractivity contribution < 1.29 is 9.42 Å². The van der Waals surface area contributed by atoms with Gasteiger partial charge in [-0.25, -0.2) is 10.1 Å². The van der Waals surface area contributed by atoms with Crippen molar-refractivity contribution in [3.05, 3.63) is 89.2 Å². The molecule has 3 aromatic carbocycles. The number of nitrogens with zero attached hydrogens (tertiary/aromatic N) is 6. The molecule has 0 saturated carbocycles. The second-order valence-corrected chi connectivity index (χ2v) is 9.12. The number of thioether (sulfide) groups is 1. The highest BCUT2D eigenvalue weighted by Crippen LogP contribution is 2.26. The van der Waals surface area contributed by atoms with Crippen LogP contribution in [0.4, 0.5) is 5.82 Å². The fourth-order valence-corrected chi connectivity index (χ4v) is 4.46. The van der Waals surface area contributed by atoms with E-state index in [0.29, 0.717) is 17.2 Å². The lowest BCUT2D eigenvalue weighted by molar-refractivity contribution is 0.0949. The van der Waals surface area contributed by atoms with Crippen LogP contribution in [-0.4, -0.2) is 36.9 Å². The Labute approximate surface area is 210 Å². The number of carbonyl (C=O) groups excluding carboxylic acids is 1. The van der Waals surface area contributed by atoms with Gasteiger partial charge < -0.3 is 5.73 Å². The van der Waals surface area contributed by atoms with E-state index in [0.717, 1.165) is 26.8 Å². The molecule has 0 aliphatic carbocycles. The molecule has 36 heavy (non-hydrogen) atoms. The van der Waals surface area contributed by atoms with E-state index in [2.05, 4.69) is 31.2 Å². The molecule has 5 rings (SSSR count). The Kier molecular flexibility index (Phi) is 6.46. The van der Waals surface area contributed by atoms with Crippen molar-refractivity contribution in [3.63, 3.8) is 0 Å². The average Bonchev–Trinajstić information content (AvgIpc) is 3.52. The van der Waals surface area contributed by atoms with Gasteiger partial charge in [-0.2, -0.15) is 9.78 Å². The summed E-state index contributed by atoms with van der Waals surface area (Å²) in [6.07, 6.45) is 0. The molecule has 0 aliphatic heterocycles. The quantitative estimate of drug-likeness (QED) is 0.194. The van der Waals surface area contributed by atoms with Crippen LogP contribution in [0.3, 0.4) is 0 Å². The van der Waals surface area contributed by atoms with Gasteiger partial charge in [-0.3, -0.25) is 4.79 Å². The second kappa shape index (κ2) is 10.0. The van der Waals surface area contributed by atoms with Gasteiger partial charge in [-0.05, 0) is 58.7 Å². The molecule has 0 fully saturated rings. The molecule has 0 radical (unpaired) electrons. The zero-order valence-corrected chi connectivity index (χ0v) is 20.4. The van der Waals surface area contributed by atoms with Crippen LogP contribution in [0.25, 0.3) is 16.6 Å². The van der Waals surface area contributed by atoms with Gasteiger partial charge in [0, 0.05) is 10.6 Å². The molecule has 10 nitrogen and oxygen atoms in total. The van der Waals surface area contributed by atoms with E-state index in [1.165, 1.54) is 16.4 Å². The number of hydrogen-bond donors (Lipinski definition) is 2.